The number of rotatable bonds is 8. The summed E-state index contributed by atoms with van der Waals surface area (Å²) >= 11 is 5.17. The first-order chi connectivity index (χ1) is 10.8. The third-order valence-electron chi connectivity index (χ3n) is 3.06. The number of nitrogens with one attached hydrogen (secondary N) is 2. The van der Waals surface area contributed by atoms with E-state index < -0.39 is 0 Å². The highest BCUT2D eigenvalue weighted by Crippen LogP contribution is 2.17. The van der Waals surface area contributed by atoms with E-state index in [0.29, 0.717) is 26.3 Å². The Morgan fingerprint density at radius 2 is 2.35 bits per heavy atom. The maximum absolute atomic E-state index is 11.8. The molecule has 1 aromatic carbocycles. The van der Waals surface area contributed by atoms with E-state index in [-0.39, 0.29) is 24.4 Å². The van der Waals surface area contributed by atoms with Crippen LogP contribution in [0.1, 0.15) is 0 Å². The van der Waals surface area contributed by atoms with Crippen molar-refractivity contribution in [3.63, 3.8) is 0 Å². The summed E-state index contributed by atoms with van der Waals surface area (Å²) < 4.78 is 12.0. The van der Waals surface area contributed by atoms with Gasteiger partial charge in [-0.25, -0.2) is 0 Å². The van der Waals surface area contributed by atoms with Crippen LogP contribution in [-0.4, -0.2) is 56.4 Å². The Bertz CT molecular complexity index is 476. The van der Waals surface area contributed by atoms with Gasteiger partial charge in [0.05, 0.1) is 13.2 Å². The van der Waals surface area contributed by atoms with Crippen molar-refractivity contribution in [1.82, 2.24) is 10.6 Å². The highest BCUT2D eigenvalue weighted by atomic mass is 79.9. The third-order valence-corrected chi connectivity index (χ3v) is 4.50. The first kappa shape index (κ1) is 20.6. The van der Waals surface area contributed by atoms with E-state index in [2.05, 4.69) is 26.6 Å². The number of amides is 1. The van der Waals surface area contributed by atoms with Gasteiger partial charge in [-0.05, 0) is 18.2 Å². The minimum Gasteiger partial charge on any atom is -0.493 e. The smallest absolute Gasteiger partial charge is 0.250 e. The van der Waals surface area contributed by atoms with Crippen LogP contribution in [0.5, 0.6) is 5.75 Å². The number of carbonyl (C=O) groups excluding carboxylic acids is 1. The molecule has 1 unspecified atom stereocenters. The first-order valence-corrected chi connectivity index (χ1v) is 9.26. The summed E-state index contributed by atoms with van der Waals surface area (Å²) in [6, 6.07) is 7.80. The molecule has 1 aliphatic heterocycles. The average molecular weight is 426 g/mol. The fraction of sp³-hybridized carbons (Fsp3) is 0.533. The highest BCUT2D eigenvalue weighted by molar-refractivity contribution is 9.10. The molecular formula is C15H22BrClN2O3S. The molecule has 2 N–H and O–H groups in total. The Balaban J connectivity index is 0.00000264. The number of hydrogen-bond acceptors (Lipinski definition) is 5. The molecule has 0 aromatic heterocycles. The molecular weight excluding hydrogens is 404 g/mol. The van der Waals surface area contributed by atoms with Crippen molar-refractivity contribution in [3.05, 3.63) is 28.7 Å². The van der Waals surface area contributed by atoms with Gasteiger partial charge in [0.1, 0.15) is 11.9 Å². The molecule has 1 heterocycles. The lowest BCUT2D eigenvalue weighted by atomic mass is 10.3. The van der Waals surface area contributed by atoms with E-state index >= 15 is 0 Å². The van der Waals surface area contributed by atoms with Crippen LogP contribution in [0.15, 0.2) is 28.7 Å². The van der Waals surface area contributed by atoms with Crippen molar-refractivity contribution in [2.24, 2.45) is 0 Å². The second-order valence-electron chi connectivity index (χ2n) is 4.77. The number of halogens is 2. The zero-order valence-electron chi connectivity index (χ0n) is 12.8. The summed E-state index contributed by atoms with van der Waals surface area (Å²) in [5.41, 5.74) is 0. The Labute approximate surface area is 155 Å². The maximum Gasteiger partial charge on any atom is 0.250 e. The minimum atomic E-state index is -0.349. The summed E-state index contributed by atoms with van der Waals surface area (Å²) in [7, 11) is 0. The van der Waals surface area contributed by atoms with Gasteiger partial charge in [0.25, 0.3) is 0 Å². The molecule has 8 heteroatoms. The predicted octanol–water partition coefficient (Wildman–Crippen LogP) is 2.09. The summed E-state index contributed by atoms with van der Waals surface area (Å²) in [5.74, 6) is 2.60. The Kier molecular flexibility index (Phi) is 10.7. The summed E-state index contributed by atoms with van der Waals surface area (Å²) in [6.07, 6.45) is -0.349. The highest BCUT2D eigenvalue weighted by Gasteiger charge is 2.20. The van der Waals surface area contributed by atoms with Crippen LogP contribution in [0, 0.1) is 0 Å². The molecule has 0 aliphatic carbocycles. The van der Waals surface area contributed by atoms with Gasteiger partial charge in [0, 0.05) is 35.6 Å². The fourth-order valence-corrected chi connectivity index (χ4v) is 3.00. The SMILES string of the molecule is Cl.O=C(NCCSCCOc1cccc(Br)c1)C1CNCCO1. The van der Waals surface area contributed by atoms with E-state index in [1.54, 1.807) is 11.8 Å². The molecule has 2 rings (SSSR count). The monoisotopic (exact) mass is 424 g/mol. The molecule has 0 radical (unpaired) electrons. The molecule has 1 amide bonds. The summed E-state index contributed by atoms with van der Waals surface area (Å²) in [5, 5.41) is 6.04. The standard InChI is InChI=1S/C15H21BrN2O3S.ClH/c16-12-2-1-3-13(10-12)20-7-9-22-8-5-18-15(19)14-11-17-4-6-21-14;/h1-3,10,14,17H,4-9,11H2,(H,18,19);1H. The normalized spacial score (nSPS) is 17.2. The second-order valence-corrected chi connectivity index (χ2v) is 6.91. The van der Waals surface area contributed by atoms with Gasteiger partial charge in [-0.3, -0.25) is 4.79 Å². The lowest BCUT2D eigenvalue weighted by Crippen LogP contribution is -2.48. The lowest BCUT2D eigenvalue weighted by molar-refractivity contribution is -0.134. The quantitative estimate of drug-likeness (QED) is 0.625. The van der Waals surface area contributed by atoms with E-state index in [9.17, 15) is 4.79 Å². The molecule has 1 atom stereocenters. The Morgan fingerprint density at radius 3 is 3.09 bits per heavy atom. The number of thioether (sulfide) groups is 1. The van der Waals surface area contributed by atoms with Gasteiger partial charge >= 0.3 is 0 Å². The van der Waals surface area contributed by atoms with Crippen molar-refractivity contribution in [1.29, 1.82) is 0 Å². The maximum atomic E-state index is 11.8. The molecule has 23 heavy (non-hydrogen) atoms. The summed E-state index contributed by atoms with van der Waals surface area (Å²) in [4.78, 5) is 11.8. The number of carbonyl (C=O) groups is 1. The van der Waals surface area contributed by atoms with Crippen LogP contribution >= 0.6 is 40.1 Å². The van der Waals surface area contributed by atoms with E-state index in [4.69, 9.17) is 9.47 Å². The van der Waals surface area contributed by atoms with Crippen molar-refractivity contribution >= 4 is 46.0 Å². The number of ether oxygens (including phenoxy) is 2. The number of benzene rings is 1. The van der Waals surface area contributed by atoms with Crippen molar-refractivity contribution in [3.8, 4) is 5.75 Å². The van der Waals surface area contributed by atoms with Gasteiger partial charge < -0.3 is 20.1 Å². The molecule has 5 nitrogen and oxygen atoms in total. The second kappa shape index (κ2) is 12.0. The van der Waals surface area contributed by atoms with E-state index in [0.717, 1.165) is 28.3 Å². The van der Waals surface area contributed by atoms with Crippen LogP contribution < -0.4 is 15.4 Å². The van der Waals surface area contributed by atoms with Crippen molar-refractivity contribution in [2.45, 2.75) is 6.10 Å². The van der Waals surface area contributed by atoms with Crippen LogP contribution in [0.25, 0.3) is 0 Å². The van der Waals surface area contributed by atoms with Crippen LogP contribution in [0.3, 0.4) is 0 Å². The topological polar surface area (TPSA) is 59.6 Å². The molecule has 1 aromatic rings. The Morgan fingerprint density at radius 1 is 1.48 bits per heavy atom. The van der Waals surface area contributed by atoms with Gasteiger partial charge in [-0.1, -0.05) is 22.0 Å². The third kappa shape index (κ3) is 8.26. The van der Waals surface area contributed by atoms with Crippen LogP contribution in [0.2, 0.25) is 0 Å². The lowest BCUT2D eigenvalue weighted by Gasteiger charge is -2.22. The van der Waals surface area contributed by atoms with Gasteiger partial charge in [-0.2, -0.15) is 11.8 Å². The van der Waals surface area contributed by atoms with Crippen molar-refractivity contribution < 1.29 is 14.3 Å². The van der Waals surface area contributed by atoms with Gasteiger partial charge in [0.15, 0.2) is 0 Å². The number of hydrogen-bond donors (Lipinski definition) is 2. The molecule has 0 bridgehead atoms. The van der Waals surface area contributed by atoms with Crippen LogP contribution in [-0.2, 0) is 9.53 Å². The zero-order valence-corrected chi connectivity index (χ0v) is 16.0. The largest absolute Gasteiger partial charge is 0.493 e. The first-order valence-electron chi connectivity index (χ1n) is 7.32. The van der Waals surface area contributed by atoms with Crippen LogP contribution in [0.4, 0.5) is 0 Å². The molecule has 1 aliphatic rings. The predicted molar refractivity (Wildman–Crippen MR) is 99.8 cm³/mol. The zero-order chi connectivity index (χ0) is 15.6. The molecule has 0 spiro atoms. The molecule has 1 saturated heterocycles. The van der Waals surface area contributed by atoms with Crippen molar-refractivity contribution in [2.75, 3.05) is 44.4 Å². The van der Waals surface area contributed by atoms with E-state index in [1.807, 2.05) is 24.3 Å². The summed E-state index contributed by atoms with van der Waals surface area (Å²) in [6.45, 7) is 3.32. The average Bonchev–Trinajstić information content (AvgIpc) is 2.54. The fourth-order valence-electron chi connectivity index (χ4n) is 1.97. The van der Waals surface area contributed by atoms with Gasteiger partial charge in [0.2, 0.25) is 5.91 Å². The molecule has 1 fully saturated rings. The Hall–Kier alpha value is -0.470. The molecule has 130 valence electrons. The van der Waals surface area contributed by atoms with Gasteiger partial charge in [-0.15, -0.1) is 12.4 Å². The molecule has 0 saturated carbocycles. The van der Waals surface area contributed by atoms with E-state index in [1.165, 1.54) is 0 Å². The minimum absolute atomic E-state index is 0. The number of morpholine rings is 1.